The van der Waals surface area contributed by atoms with Crippen LogP contribution in [0.25, 0.3) is 0 Å². The van der Waals surface area contributed by atoms with Crippen LogP contribution in [0.1, 0.15) is 12.5 Å². The lowest BCUT2D eigenvalue weighted by Crippen LogP contribution is -2.11. The summed E-state index contributed by atoms with van der Waals surface area (Å²) in [6, 6.07) is 9.24. The Morgan fingerprint density at radius 1 is 1.05 bits per heavy atom. The molecule has 2 rings (SSSR count). The maximum Gasteiger partial charge on any atom is 0.147 e. The van der Waals surface area contributed by atoms with Crippen molar-refractivity contribution in [1.82, 2.24) is 5.32 Å². The number of ether oxygens (including phenoxy) is 1. The Balaban J connectivity index is 2.20. The second-order valence-electron chi connectivity index (χ2n) is 4.33. The van der Waals surface area contributed by atoms with Crippen LogP contribution in [0.2, 0.25) is 10.0 Å². The molecule has 2 nitrogen and oxygen atoms in total. The van der Waals surface area contributed by atoms with E-state index in [9.17, 15) is 0 Å². The van der Waals surface area contributed by atoms with Gasteiger partial charge in [-0.3, -0.25) is 0 Å². The highest BCUT2D eigenvalue weighted by Gasteiger charge is 2.09. The van der Waals surface area contributed by atoms with E-state index in [-0.39, 0.29) is 0 Å². The zero-order chi connectivity index (χ0) is 15.4. The molecular weight excluding hydrogens is 441 g/mol. The van der Waals surface area contributed by atoms with E-state index >= 15 is 0 Å². The largest absolute Gasteiger partial charge is 0.456 e. The first-order chi connectivity index (χ1) is 10.0. The standard InChI is InChI=1S/C15H13Br2Cl2NO/c1-2-20-8-9-3-4-10(5-11(9)16)21-15-7-13(18)12(17)6-14(15)19/h3-7,20H,2,8H2,1H3. The second-order valence-corrected chi connectivity index (χ2v) is 6.86. The minimum Gasteiger partial charge on any atom is -0.456 e. The third-order valence-electron chi connectivity index (χ3n) is 2.79. The van der Waals surface area contributed by atoms with Crippen molar-refractivity contribution in [2.45, 2.75) is 13.5 Å². The highest BCUT2D eigenvalue weighted by atomic mass is 79.9. The first-order valence-corrected chi connectivity index (χ1v) is 8.67. The van der Waals surface area contributed by atoms with Gasteiger partial charge in [-0.05, 0) is 46.2 Å². The summed E-state index contributed by atoms with van der Waals surface area (Å²) in [6.45, 7) is 3.81. The number of hydrogen-bond acceptors (Lipinski definition) is 2. The molecule has 0 aliphatic heterocycles. The lowest BCUT2D eigenvalue weighted by atomic mass is 10.2. The highest BCUT2D eigenvalue weighted by Crippen LogP contribution is 2.37. The van der Waals surface area contributed by atoms with Crippen LogP contribution in [0.15, 0.2) is 39.3 Å². The van der Waals surface area contributed by atoms with Crippen LogP contribution in [0.5, 0.6) is 11.5 Å². The van der Waals surface area contributed by atoms with Gasteiger partial charge in [-0.1, -0.05) is 52.1 Å². The molecule has 0 bridgehead atoms. The van der Waals surface area contributed by atoms with Crippen LogP contribution in [0.3, 0.4) is 0 Å². The maximum atomic E-state index is 6.16. The van der Waals surface area contributed by atoms with Crippen molar-refractivity contribution in [3.8, 4) is 11.5 Å². The van der Waals surface area contributed by atoms with Crippen LogP contribution in [0, 0.1) is 0 Å². The fraction of sp³-hybridized carbons (Fsp3) is 0.200. The minimum absolute atomic E-state index is 0.499. The van der Waals surface area contributed by atoms with Crippen molar-refractivity contribution in [3.63, 3.8) is 0 Å². The van der Waals surface area contributed by atoms with Gasteiger partial charge in [-0.2, -0.15) is 0 Å². The minimum atomic E-state index is 0.499. The third kappa shape index (κ3) is 4.60. The van der Waals surface area contributed by atoms with Gasteiger partial charge < -0.3 is 10.1 Å². The molecule has 0 saturated heterocycles. The van der Waals surface area contributed by atoms with Crippen molar-refractivity contribution in [3.05, 3.63) is 54.9 Å². The monoisotopic (exact) mass is 451 g/mol. The Hall–Kier alpha value is -0.260. The molecule has 2 aromatic carbocycles. The van der Waals surface area contributed by atoms with E-state index in [0.29, 0.717) is 21.5 Å². The smallest absolute Gasteiger partial charge is 0.147 e. The second kappa shape index (κ2) is 7.84. The van der Waals surface area contributed by atoms with Crippen molar-refractivity contribution in [2.75, 3.05) is 6.54 Å². The summed E-state index contributed by atoms with van der Waals surface area (Å²) in [5, 5.41) is 4.33. The van der Waals surface area contributed by atoms with Gasteiger partial charge in [-0.25, -0.2) is 0 Å². The molecule has 0 amide bonds. The third-order valence-corrected chi connectivity index (χ3v) is 5.02. The van der Waals surface area contributed by atoms with E-state index in [1.54, 1.807) is 12.1 Å². The zero-order valence-corrected chi connectivity index (χ0v) is 15.9. The fourth-order valence-electron chi connectivity index (χ4n) is 1.70. The van der Waals surface area contributed by atoms with Gasteiger partial charge in [0.1, 0.15) is 11.5 Å². The lowest BCUT2D eigenvalue weighted by molar-refractivity contribution is 0.482. The van der Waals surface area contributed by atoms with Crippen molar-refractivity contribution >= 4 is 55.1 Å². The first-order valence-electron chi connectivity index (χ1n) is 6.32. The van der Waals surface area contributed by atoms with Gasteiger partial charge in [0, 0.05) is 21.6 Å². The average molecular weight is 454 g/mol. The number of rotatable bonds is 5. The molecule has 0 aliphatic rings. The van der Waals surface area contributed by atoms with E-state index in [0.717, 1.165) is 22.0 Å². The number of hydrogen-bond donors (Lipinski definition) is 1. The zero-order valence-electron chi connectivity index (χ0n) is 11.2. The molecule has 0 heterocycles. The summed E-state index contributed by atoms with van der Waals surface area (Å²) in [6.07, 6.45) is 0. The molecule has 0 spiro atoms. The summed E-state index contributed by atoms with van der Waals surface area (Å²) < 4.78 is 7.52. The Morgan fingerprint density at radius 2 is 1.81 bits per heavy atom. The molecule has 21 heavy (non-hydrogen) atoms. The summed E-state index contributed by atoms with van der Waals surface area (Å²) in [7, 11) is 0. The average Bonchev–Trinajstić information content (AvgIpc) is 2.44. The van der Waals surface area contributed by atoms with E-state index in [1.165, 1.54) is 5.56 Å². The first kappa shape index (κ1) is 17.1. The van der Waals surface area contributed by atoms with Gasteiger partial charge in [0.15, 0.2) is 0 Å². The van der Waals surface area contributed by atoms with Crippen LogP contribution in [-0.4, -0.2) is 6.54 Å². The topological polar surface area (TPSA) is 21.3 Å². The summed E-state index contributed by atoms with van der Waals surface area (Å²) in [5.41, 5.74) is 1.17. The van der Waals surface area contributed by atoms with Crippen LogP contribution in [0.4, 0.5) is 0 Å². The number of nitrogens with one attached hydrogen (secondary N) is 1. The molecule has 0 aromatic heterocycles. The SMILES string of the molecule is CCNCc1ccc(Oc2cc(Cl)c(Br)cc2Cl)cc1Br. The van der Waals surface area contributed by atoms with Crippen molar-refractivity contribution < 1.29 is 4.74 Å². The molecule has 2 aromatic rings. The Labute approximate surface area is 151 Å². The number of benzene rings is 2. The van der Waals surface area contributed by atoms with E-state index in [2.05, 4.69) is 44.1 Å². The van der Waals surface area contributed by atoms with Crippen molar-refractivity contribution in [2.24, 2.45) is 0 Å². The van der Waals surface area contributed by atoms with E-state index < -0.39 is 0 Å². The molecule has 0 unspecified atom stereocenters. The molecule has 112 valence electrons. The van der Waals surface area contributed by atoms with Gasteiger partial charge in [0.2, 0.25) is 0 Å². The maximum absolute atomic E-state index is 6.16. The molecule has 0 saturated carbocycles. The quantitative estimate of drug-likeness (QED) is 0.527. The number of halogens is 4. The van der Waals surface area contributed by atoms with Gasteiger partial charge in [0.25, 0.3) is 0 Å². The Kier molecular flexibility index (Phi) is 6.38. The van der Waals surface area contributed by atoms with Gasteiger partial charge in [-0.15, -0.1) is 0 Å². The van der Waals surface area contributed by atoms with Gasteiger partial charge in [0.05, 0.1) is 10.0 Å². The predicted molar refractivity (Wildman–Crippen MR) is 95.8 cm³/mol. The molecule has 6 heteroatoms. The Morgan fingerprint density at radius 3 is 2.48 bits per heavy atom. The fourth-order valence-corrected chi connectivity index (χ4v) is 3.03. The summed E-state index contributed by atoms with van der Waals surface area (Å²) in [5.74, 6) is 1.22. The Bertz CT molecular complexity index is 650. The normalized spacial score (nSPS) is 10.7. The molecule has 0 fully saturated rings. The molecular formula is C15H13Br2Cl2NO. The van der Waals surface area contributed by atoms with E-state index in [4.69, 9.17) is 27.9 Å². The van der Waals surface area contributed by atoms with Crippen LogP contribution < -0.4 is 10.1 Å². The molecule has 0 aliphatic carbocycles. The van der Waals surface area contributed by atoms with Crippen molar-refractivity contribution in [1.29, 1.82) is 0 Å². The van der Waals surface area contributed by atoms with E-state index in [1.807, 2.05) is 18.2 Å². The lowest BCUT2D eigenvalue weighted by Gasteiger charge is -2.11. The van der Waals surface area contributed by atoms with Gasteiger partial charge >= 0.3 is 0 Å². The summed E-state index contributed by atoms with van der Waals surface area (Å²) in [4.78, 5) is 0. The van der Waals surface area contributed by atoms with Crippen LogP contribution in [-0.2, 0) is 6.54 Å². The molecule has 0 atom stereocenters. The predicted octanol–water partition coefficient (Wildman–Crippen LogP) is 6.42. The highest BCUT2D eigenvalue weighted by molar-refractivity contribution is 9.10. The van der Waals surface area contributed by atoms with Crippen LogP contribution >= 0.6 is 55.1 Å². The molecule has 0 radical (unpaired) electrons. The summed E-state index contributed by atoms with van der Waals surface area (Å²) >= 11 is 19.1. The molecule has 1 N–H and O–H groups in total.